The first-order chi connectivity index (χ1) is 14.1. The molecule has 1 heterocycles. The Balaban J connectivity index is 0.00000218. The van der Waals surface area contributed by atoms with Gasteiger partial charge in [0.2, 0.25) is 0 Å². The van der Waals surface area contributed by atoms with E-state index in [1.807, 2.05) is 25.4 Å². The molecule has 164 valence electrons. The summed E-state index contributed by atoms with van der Waals surface area (Å²) in [5.41, 5.74) is 2.04. The SMILES string of the molecule is CN(CCCCCC(=O)c1cn(C)c2ccccc12)C1C2CC3CC(C2)CC1C3.Cl. The molecule has 1 aromatic heterocycles. The summed E-state index contributed by atoms with van der Waals surface area (Å²) in [7, 11) is 4.40. The van der Waals surface area contributed by atoms with E-state index in [2.05, 4.69) is 28.6 Å². The van der Waals surface area contributed by atoms with Gasteiger partial charge in [-0.05, 0) is 88.3 Å². The summed E-state index contributed by atoms with van der Waals surface area (Å²) in [5.74, 6) is 4.37. The fourth-order valence-electron chi connectivity index (χ4n) is 7.29. The van der Waals surface area contributed by atoms with E-state index in [1.54, 1.807) is 0 Å². The maximum absolute atomic E-state index is 12.8. The lowest BCUT2D eigenvalue weighted by Gasteiger charge is -2.56. The molecule has 0 aliphatic heterocycles. The van der Waals surface area contributed by atoms with Crippen molar-refractivity contribution in [3.05, 3.63) is 36.0 Å². The number of hydrogen-bond donors (Lipinski definition) is 0. The number of Topliss-reactive ketones (excluding diaryl/α,β-unsaturated/α-hetero) is 1. The molecule has 2 aromatic rings. The van der Waals surface area contributed by atoms with Gasteiger partial charge in [-0.15, -0.1) is 12.4 Å². The van der Waals surface area contributed by atoms with Crippen LogP contribution >= 0.6 is 12.4 Å². The minimum Gasteiger partial charge on any atom is -0.350 e. The Labute approximate surface area is 187 Å². The van der Waals surface area contributed by atoms with Crippen LogP contribution in [0.25, 0.3) is 10.9 Å². The van der Waals surface area contributed by atoms with Gasteiger partial charge in [-0.1, -0.05) is 24.6 Å². The molecular formula is C26H37ClN2O. The maximum Gasteiger partial charge on any atom is 0.165 e. The van der Waals surface area contributed by atoms with Gasteiger partial charge in [-0.2, -0.15) is 0 Å². The number of aryl methyl sites for hydroxylation is 1. The average Bonchev–Trinajstić information content (AvgIpc) is 3.04. The van der Waals surface area contributed by atoms with Crippen molar-refractivity contribution in [3.8, 4) is 0 Å². The number of benzene rings is 1. The zero-order chi connectivity index (χ0) is 20.0. The van der Waals surface area contributed by atoms with Crippen LogP contribution in [0.1, 0.15) is 68.1 Å². The Hall–Kier alpha value is -1.32. The van der Waals surface area contributed by atoms with E-state index in [1.165, 1.54) is 45.1 Å². The Morgan fingerprint density at radius 3 is 2.37 bits per heavy atom. The van der Waals surface area contributed by atoms with Crippen LogP contribution in [0.4, 0.5) is 0 Å². The van der Waals surface area contributed by atoms with Gasteiger partial charge in [-0.3, -0.25) is 4.79 Å². The van der Waals surface area contributed by atoms with E-state index >= 15 is 0 Å². The highest BCUT2D eigenvalue weighted by Crippen LogP contribution is 2.54. The molecule has 0 amide bonds. The summed E-state index contributed by atoms with van der Waals surface area (Å²) in [6.07, 6.45) is 13.6. The van der Waals surface area contributed by atoms with Gasteiger partial charge >= 0.3 is 0 Å². The van der Waals surface area contributed by atoms with Gasteiger partial charge in [0.15, 0.2) is 5.78 Å². The number of ketones is 1. The molecule has 0 unspecified atom stereocenters. The van der Waals surface area contributed by atoms with Crippen LogP contribution < -0.4 is 0 Å². The minimum absolute atomic E-state index is 0. The molecule has 0 saturated heterocycles. The number of aromatic nitrogens is 1. The number of fused-ring (bicyclic) bond motifs is 1. The molecule has 4 bridgehead atoms. The van der Waals surface area contributed by atoms with Crippen molar-refractivity contribution < 1.29 is 4.79 Å². The monoisotopic (exact) mass is 428 g/mol. The van der Waals surface area contributed by atoms with Crippen molar-refractivity contribution in [1.82, 2.24) is 9.47 Å². The fraction of sp³-hybridized carbons (Fsp3) is 0.654. The molecule has 1 aromatic carbocycles. The van der Waals surface area contributed by atoms with Crippen molar-refractivity contribution in [1.29, 1.82) is 0 Å². The lowest BCUT2D eigenvalue weighted by atomic mass is 9.54. The molecule has 0 atom stereocenters. The first kappa shape index (κ1) is 21.9. The van der Waals surface area contributed by atoms with Gasteiger partial charge in [0.1, 0.15) is 0 Å². The van der Waals surface area contributed by atoms with E-state index in [9.17, 15) is 4.79 Å². The number of rotatable bonds is 8. The quantitative estimate of drug-likeness (QED) is 0.375. The van der Waals surface area contributed by atoms with Crippen LogP contribution in [-0.4, -0.2) is 34.9 Å². The first-order valence-corrected chi connectivity index (χ1v) is 11.9. The summed E-state index contributed by atoms with van der Waals surface area (Å²) in [6.45, 7) is 1.20. The van der Waals surface area contributed by atoms with Crippen molar-refractivity contribution >= 4 is 29.1 Å². The van der Waals surface area contributed by atoms with Crippen LogP contribution in [0.2, 0.25) is 0 Å². The largest absolute Gasteiger partial charge is 0.350 e. The predicted molar refractivity (Wildman–Crippen MR) is 126 cm³/mol. The normalized spacial score (nSPS) is 29.5. The van der Waals surface area contributed by atoms with Crippen LogP contribution in [0.3, 0.4) is 0 Å². The Morgan fingerprint density at radius 2 is 1.67 bits per heavy atom. The van der Waals surface area contributed by atoms with Crippen molar-refractivity contribution in [2.75, 3.05) is 13.6 Å². The molecule has 6 rings (SSSR count). The number of unbranched alkanes of at least 4 members (excludes halogenated alkanes) is 2. The van der Waals surface area contributed by atoms with Crippen LogP contribution in [0, 0.1) is 23.7 Å². The summed E-state index contributed by atoms with van der Waals surface area (Å²) in [5, 5.41) is 1.10. The highest BCUT2D eigenvalue weighted by Gasteiger charge is 2.49. The van der Waals surface area contributed by atoms with Crippen LogP contribution in [0.15, 0.2) is 30.5 Å². The average molecular weight is 429 g/mol. The third-order valence-electron chi connectivity index (χ3n) is 8.30. The van der Waals surface area contributed by atoms with Gasteiger partial charge < -0.3 is 9.47 Å². The van der Waals surface area contributed by atoms with Gasteiger partial charge in [-0.25, -0.2) is 0 Å². The van der Waals surface area contributed by atoms with Crippen molar-refractivity contribution in [2.24, 2.45) is 30.7 Å². The topological polar surface area (TPSA) is 25.2 Å². The summed E-state index contributed by atoms with van der Waals surface area (Å²) < 4.78 is 2.07. The maximum atomic E-state index is 12.8. The molecule has 3 nitrogen and oxygen atoms in total. The van der Waals surface area contributed by atoms with E-state index in [4.69, 9.17) is 0 Å². The second-order valence-corrected chi connectivity index (χ2v) is 10.3. The molecule has 4 aliphatic rings. The standard InChI is InChI=1S/C26H36N2O.ClH/c1-27(26-20-13-18-12-19(15-20)16-21(26)14-18)11-7-3-4-10-25(29)23-17-28(2)24-9-6-5-8-22(23)24;/h5-6,8-9,17-21,26H,3-4,7,10-16H2,1-2H3;1H. The molecule has 30 heavy (non-hydrogen) atoms. The first-order valence-electron chi connectivity index (χ1n) is 11.9. The number of nitrogens with zero attached hydrogens (tertiary/aromatic N) is 2. The highest BCUT2D eigenvalue weighted by molar-refractivity contribution is 6.08. The molecule has 4 heteroatoms. The molecule has 0 spiro atoms. The van der Waals surface area contributed by atoms with Crippen LogP contribution in [0.5, 0.6) is 0 Å². The van der Waals surface area contributed by atoms with E-state index in [0.29, 0.717) is 12.2 Å². The van der Waals surface area contributed by atoms with Crippen LogP contribution in [-0.2, 0) is 7.05 Å². The smallest absolute Gasteiger partial charge is 0.165 e. The summed E-state index contributed by atoms with van der Waals surface area (Å²) in [6, 6.07) is 9.07. The number of carbonyl (C=O) groups excluding carboxylic acids is 1. The Morgan fingerprint density at radius 1 is 1.00 bits per heavy atom. The molecule has 0 N–H and O–H groups in total. The molecular weight excluding hydrogens is 392 g/mol. The summed E-state index contributed by atoms with van der Waals surface area (Å²) >= 11 is 0. The number of halogens is 1. The number of hydrogen-bond acceptors (Lipinski definition) is 2. The van der Waals surface area contributed by atoms with Crippen molar-refractivity contribution in [3.63, 3.8) is 0 Å². The van der Waals surface area contributed by atoms with Gasteiger partial charge in [0.25, 0.3) is 0 Å². The second-order valence-electron chi connectivity index (χ2n) is 10.3. The molecule has 4 aliphatic carbocycles. The fourth-order valence-corrected chi connectivity index (χ4v) is 7.29. The number of carbonyl (C=O) groups is 1. The lowest BCUT2D eigenvalue weighted by Crippen LogP contribution is -2.55. The third-order valence-corrected chi connectivity index (χ3v) is 8.30. The highest BCUT2D eigenvalue weighted by atomic mass is 35.5. The predicted octanol–water partition coefficient (Wildman–Crippen LogP) is 6.10. The number of para-hydroxylation sites is 1. The second kappa shape index (κ2) is 9.04. The Kier molecular flexibility index (Phi) is 6.60. The van der Waals surface area contributed by atoms with Gasteiger partial charge in [0, 0.05) is 42.2 Å². The Bertz CT molecular complexity index is 860. The summed E-state index contributed by atoms with van der Waals surface area (Å²) in [4.78, 5) is 15.5. The zero-order valence-electron chi connectivity index (χ0n) is 18.6. The zero-order valence-corrected chi connectivity index (χ0v) is 19.4. The van der Waals surface area contributed by atoms with Gasteiger partial charge in [0.05, 0.1) is 0 Å². The van der Waals surface area contributed by atoms with Crippen molar-refractivity contribution in [2.45, 2.75) is 63.8 Å². The molecule has 4 saturated carbocycles. The molecule has 0 radical (unpaired) electrons. The third kappa shape index (κ3) is 4.08. The minimum atomic E-state index is 0. The van der Waals surface area contributed by atoms with E-state index in [-0.39, 0.29) is 12.4 Å². The van der Waals surface area contributed by atoms with E-state index in [0.717, 1.165) is 59.0 Å². The molecule has 4 fully saturated rings. The van der Waals surface area contributed by atoms with E-state index < -0.39 is 0 Å². The lowest BCUT2D eigenvalue weighted by molar-refractivity contribution is -0.0576.